The number of nitrogens with zero attached hydrogens (tertiary/aromatic N) is 5. The number of nitrogens with one attached hydrogen (secondary N) is 2. The average Bonchev–Trinajstić information content (AvgIpc) is 3.42. The van der Waals surface area contributed by atoms with E-state index in [4.69, 9.17) is 21.1 Å². The zero-order chi connectivity index (χ0) is 30.9. The Morgan fingerprint density at radius 1 is 1.33 bits per heavy atom. The summed E-state index contributed by atoms with van der Waals surface area (Å²) >= 11 is 6.47. The van der Waals surface area contributed by atoms with Gasteiger partial charge >= 0.3 is 0 Å². The van der Waals surface area contributed by atoms with Gasteiger partial charge < -0.3 is 25.2 Å². The summed E-state index contributed by atoms with van der Waals surface area (Å²) in [4.78, 5) is 35.6. The number of rotatable bonds is 9. The summed E-state index contributed by atoms with van der Waals surface area (Å²) in [5.41, 5.74) is 0.868. The summed E-state index contributed by atoms with van der Waals surface area (Å²) in [7, 11) is 1.39. The normalized spacial score (nSPS) is 17.8. The summed E-state index contributed by atoms with van der Waals surface area (Å²) in [6.45, 7) is 6.51. The molecule has 4 aromatic rings. The Balaban J connectivity index is 1.39. The molecule has 0 aliphatic carbocycles. The van der Waals surface area contributed by atoms with Gasteiger partial charge in [0.2, 0.25) is 11.9 Å². The van der Waals surface area contributed by atoms with Crippen LogP contribution in [0.5, 0.6) is 5.75 Å². The van der Waals surface area contributed by atoms with E-state index >= 15 is 0 Å². The molecule has 0 saturated carbocycles. The molecule has 12 nitrogen and oxygen atoms in total. The lowest BCUT2D eigenvalue weighted by molar-refractivity contribution is -0.125. The first-order chi connectivity index (χ1) is 20.5. The van der Waals surface area contributed by atoms with E-state index in [2.05, 4.69) is 39.5 Å². The number of aliphatic hydroxyl groups excluding tert-OH is 1. The minimum absolute atomic E-state index is 0.0956. The number of aromatic nitrogens is 5. The van der Waals surface area contributed by atoms with Crippen molar-refractivity contribution in [3.63, 3.8) is 0 Å². The molecule has 4 heterocycles. The molecule has 1 fully saturated rings. The summed E-state index contributed by atoms with van der Waals surface area (Å²) < 4.78 is 27.3. The minimum atomic E-state index is -1.01. The minimum Gasteiger partial charge on any atom is -0.497 e. The average molecular weight is 614 g/mol. The van der Waals surface area contributed by atoms with E-state index in [0.29, 0.717) is 41.0 Å². The van der Waals surface area contributed by atoms with Crippen molar-refractivity contribution in [1.29, 1.82) is 0 Å². The van der Waals surface area contributed by atoms with Crippen molar-refractivity contribution < 1.29 is 23.8 Å². The van der Waals surface area contributed by atoms with Gasteiger partial charge in [0.05, 0.1) is 43.3 Å². The third kappa shape index (κ3) is 6.33. The highest BCUT2D eigenvalue weighted by atomic mass is 35.5. The van der Waals surface area contributed by atoms with Crippen molar-refractivity contribution in [2.75, 3.05) is 32.2 Å². The summed E-state index contributed by atoms with van der Waals surface area (Å²) in [6, 6.07) is 3.66. The Morgan fingerprint density at radius 3 is 2.84 bits per heavy atom. The largest absolute Gasteiger partial charge is 0.497 e. The second-order valence-electron chi connectivity index (χ2n) is 11.2. The third-order valence-electron chi connectivity index (χ3n) is 7.67. The molecule has 3 N–H and O–H groups in total. The fourth-order valence-corrected chi connectivity index (χ4v) is 5.26. The highest BCUT2D eigenvalue weighted by Crippen LogP contribution is 2.32. The van der Waals surface area contributed by atoms with E-state index in [1.54, 1.807) is 12.3 Å². The summed E-state index contributed by atoms with van der Waals surface area (Å²) in [5, 5.41) is 20.6. The van der Waals surface area contributed by atoms with Gasteiger partial charge in [0.25, 0.3) is 5.56 Å². The maximum absolute atomic E-state index is 14.0. The topological polar surface area (TPSA) is 145 Å². The number of carbonyl (C=O) groups is 1. The summed E-state index contributed by atoms with van der Waals surface area (Å²) in [6.07, 6.45) is 5.19. The fourth-order valence-electron chi connectivity index (χ4n) is 5.06. The Hall–Kier alpha value is -4.07. The lowest BCUT2D eigenvalue weighted by atomic mass is 9.82. The molecule has 3 atom stereocenters. The SMILES string of the molecule is COc1cc(F)cc([C@@H](CO)NC(=O)[C@H](C)n2cnn3cc(-c4nc(N[C@@H]5CCOCC5(C)C)ncc4Cl)cc3c2=O)c1. The summed E-state index contributed by atoms with van der Waals surface area (Å²) in [5.74, 6) is -0.513. The van der Waals surface area contributed by atoms with Crippen molar-refractivity contribution >= 4 is 29.0 Å². The number of fused-ring (bicyclic) bond motifs is 1. The molecule has 1 aliphatic heterocycles. The van der Waals surface area contributed by atoms with Crippen LogP contribution in [-0.2, 0) is 9.53 Å². The number of ether oxygens (including phenoxy) is 2. The number of halogens is 2. The van der Waals surface area contributed by atoms with Crippen LogP contribution in [0.4, 0.5) is 10.3 Å². The number of methoxy groups -OCH3 is 1. The van der Waals surface area contributed by atoms with E-state index in [1.807, 2.05) is 0 Å². The van der Waals surface area contributed by atoms with E-state index in [9.17, 15) is 19.1 Å². The Labute approximate surface area is 251 Å². The van der Waals surface area contributed by atoms with Crippen LogP contribution in [0.2, 0.25) is 5.02 Å². The van der Waals surface area contributed by atoms with Crippen molar-refractivity contribution in [2.24, 2.45) is 5.41 Å². The maximum Gasteiger partial charge on any atom is 0.278 e. The Kier molecular flexibility index (Phi) is 8.67. The molecule has 0 bridgehead atoms. The van der Waals surface area contributed by atoms with Crippen molar-refractivity contribution in [1.82, 2.24) is 29.5 Å². The second kappa shape index (κ2) is 12.3. The number of amides is 1. The van der Waals surface area contributed by atoms with Crippen LogP contribution in [-0.4, -0.2) is 68.1 Å². The standard InChI is InChI=1S/C29H33ClFN7O5/c1-16(26(40)34-22(13-39)17-7-19(31)10-20(8-17)42-4)37-15-33-38-12-18(9-23(38)27(37)41)25-21(30)11-32-28(36-25)35-24-5-6-43-14-29(24,2)3/h7-12,15-16,22,24,39H,5-6,13-14H2,1-4H3,(H,34,40)(H,32,35,36)/t16-,22+,24+/m0/s1. The highest BCUT2D eigenvalue weighted by molar-refractivity contribution is 6.32. The van der Waals surface area contributed by atoms with Gasteiger partial charge in [-0.1, -0.05) is 25.4 Å². The Morgan fingerprint density at radius 2 is 2.12 bits per heavy atom. The van der Waals surface area contributed by atoms with Crippen LogP contribution in [0.1, 0.15) is 44.8 Å². The van der Waals surface area contributed by atoms with Crippen LogP contribution in [0, 0.1) is 11.2 Å². The number of benzene rings is 1. The zero-order valence-electron chi connectivity index (χ0n) is 24.2. The lowest BCUT2D eigenvalue weighted by Gasteiger charge is -2.38. The molecule has 1 amide bonds. The van der Waals surface area contributed by atoms with Gasteiger partial charge in [0, 0.05) is 35.9 Å². The second-order valence-corrected chi connectivity index (χ2v) is 11.6. The Bertz CT molecular complexity index is 1710. The van der Waals surface area contributed by atoms with E-state index in [0.717, 1.165) is 6.42 Å². The van der Waals surface area contributed by atoms with E-state index in [1.165, 1.54) is 53.8 Å². The smallest absolute Gasteiger partial charge is 0.278 e. The molecule has 3 aromatic heterocycles. The molecule has 0 spiro atoms. The first-order valence-corrected chi connectivity index (χ1v) is 14.1. The van der Waals surface area contributed by atoms with E-state index < -0.39 is 36.0 Å². The van der Waals surface area contributed by atoms with Crippen LogP contribution in [0.3, 0.4) is 0 Å². The predicted octanol–water partition coefficient (Wildman–Crippen LogP) is 3.39. The first kappa shape index (κ1) is 30.4. The van der Waals surface area contributed by atoms with Gasteiger partial charge in [-0.05, 0) is 37.1 Å². The number of carbonyl (C=O) groups excluding carboxylic acids is 1. The van der Waals surface area contributed by atoms with Gasteiger partial charge in [-0.3, -0.25) is 14.2 Å². The van der Waals surface area contributed by atoms with Crippen LogP contribution >= 0.6 is 11.6 Å². The molecule has 0 radical (unpaired) electrons. The molecule has 1 aliphatic rings. The lowest BCUT2D eigenvalue weighted by Crippen LogP contribution is -2.44. The molecule has 1 saturated heterocycles. The number of hydrogen-bond acceptors (Lipinski definition) is 9. The predicted molar refractivity (Wildman–Crippen MR) is 158 cm³/mol. The van der Waals surface area contributed by atoms with Gasteiger partial charge in [-0.2, -0.15) is 5.10 Å². The number of hydrogen-bond donors (Lipinski definition) is 3. The van der Waals surface area contributed by atoms with Crippen molar-refractivity contribution in [2.45, 2.75) is 45.3 Å². The number of aliphatic hydroxyl groups is 1. The monoisotopic (exact) mass is 613 g/mol. The third-order valence-corrected chi connectivity index (χ3v) is 7.95. The molecule has 14 heteroatoms. The van der Waals surface area contributed by atoms with Gasteiger partial charge in [0.1, 0.15) is 29.5 Å². The van der Waals surface area contributed by atoms with Crippen LogP contribution in [0.25, 0.3) is 16.8 Å². The quantitative estimate of drug-likeness (QED) is 0.259. The fraction of sp³-hybridized carbons (Fsp3) is 0.414. The highest BCUT2D eigenvalue weighted by Gasteiger charge is 2.33. The molecular weight excluding hydrogens is 581 g/mol. The van der Waals surface area contributed by atoms with E-state index in [-0.39, 0.29) is 22.7 Å². The maximum atomic E-state index is 14.0. The molecular formula is C29H33ClFN7O5. The number of anilines is 1. The van der Waals surface area contributed by atoms with Gasteiger partial charge in [0.15, 0.2) is 0 Å². The van der Waals surface area contributed by atoms with Crippen LogP contribution < -0.4 is 20.9 Å². The molecule has 0 unspecified atom stereocenters. The van der Waals surface area contributed by atoms with Gasteiger partial charge in [-0.15, -0.1) is 0 Å². The van der Waals surface area contributed by atoms with Gasteiger partial charge in [-0.25, -0.2) is 18.9 Å². The molecule has 5 rings (SSSR count). The van der Waals surface area contributed by atoms with Crippen LogP contribution in [0.15, 0.2) is 47.8 Å². The zero-order valence-corrected chi connectivity index (χ0v) is 24.9. The molecule has 228 valence electrons. The van der Waals surface area contributed by atoms with Crippen molar-refractivity contribution in [3.8, 4) is 17.0 Å². The molecule has 43 heavy (non-hydrogen) atoms. The first-order valence-electron chi connectivity index (χ1n) is 13.7. The van der Waals surface area contributed by atoms with Crippen molar-refractivity contribution in [3.05, 3.63) is 69.7 Å². The molecule has 1 aromatic carbocycles.